The van der Waals surface area contributed by atoms with Crippen molar-refractivity contribution in [1.82, 2.24) is 4.90 Å². The number of carbonyl (C=O) groups is 1. The van der Waals surface area contributed by atoms with Gasteiger partial charge in [0, 0.05) is 12.6 Å². The average molecular weight is 185 g/mol. The molecular formula is C10H19NO2. The van der Waals surface area contributed by atoms with E-state index in [2.05, 4.69) is 18.7 Å². The van der Waals surface area contributed by atoms with Crippen molar-refractivity contribution in [3.05, 3.63) is 0 Å². The lowest BCUT2D eigenvalue weighted by molar-refractivity contribution is -0.151. The van der Waals surface area contributed by atoms with E-state index in [1.165, 1.54) is 7.11 Å². The van der Waals surface area contributed by atoms with E-state index in [1.54, 1.807) is 0 Å². The number of rotatable bonds is 2. The highest BCUT2D eigenvalue weighted by Crippen LogP contribution is 2.31. The lowest BCUT2D eigenvalue weighted by Gasteiger charge is -2.24. The molecule has 3 nitrogen and oxygen atoms in total. The van der Waals surface area contributed by atoms with Gasteiger partial charge in [0.05, 0.1) is 12.5 Å². The number of nitrogens with zero attached hydrogens (tertiary/aromatic N) is 1. The minimum atomic E-state index is -0.279. The third-order valence-corrected chi connectivity index (χ3v) is 2.91. The molecule has 0 saturated carbocycles. The first-order valence-electron chi connectivity index (χ1n) is 4.82. The Morgan fingerprint density at radius 1 is 1.54 bits per heavy atom. The molecule has 0 bridgehead atoms. The molecule has 0 aliphatic carbocycles. The Kier molecular flexibility index (Phi) is 2.96. The molecule has 1 atom stereocenters. The van der Waals surface area contributed by atoms with Crippen LogP contribution in [-0.4, -0.2) is 37.1 Å². The molecule has 3 heteroatoms. The molecule has 1 unspecified atom stereocenters. The summed E-state index contributed by atoms with van der Waals surface area (Å²) in [5.41, 5.74) is -0.279. The van der Waals surface area contributed by atoms with Crippen molar-refractivity contribution in [2.75, 3.05) is 20.2 Å². The third-order valence-electron chi connectivity index (χ3n) is 2.91. The molecule has 1 rings (SSSR count). The summed E-state index contributed by atoms with van der Waals surface area (Å²) < 4.78 is 4.80. The smallest absolute Gasteiger partial charge is 0.312 e. The Morgan fingerprint density at radius 3 is 2.54 bits per heavy atom. The van der Waals surface area contributed by atoms with Crippen LogP contribution in [0, 0.1) is 5.41 Å². The Morgan fingerprint density at radius 2 is 2.15 bits per heavy atom. The lowest BCUT2D eigenvalue weighted by atomic mass is 9.90. The van der Waals surface area contributed by atoms with Gasteiger partial charge in [-0.2, -0.15) is 0 Å². The van der Waals surface area contributed by atoms with Crippen molar-refractivity contribution in [2.24, 2.45) is 5.41 Å². The number of ether oxygens (including phenoxy) is 1. The van der Waals surface area contributed by atoms with Gasteiger partial charge in [-0.1, -0.05) is 0 Å². The largest absolute Gasteiger partial charge is 0.469 e. The van der Waals surface area contributed by atoms with E-state index >= 15 is 0 Å². The molecule has 0 aromatic heterocycles. The summed E-state index contributed by atoms with van der Waals surface area (Å²) in [6.45, 7) is 8.13. The number of esters is 1. The fourth-order valence-electron chi connectivity index (χ4n) is 1.85. The van der Waals surface area contributed by atoms with E-state index in [4.69, 9.17) is 4.74 Å². The van der Waals surface area contributed by atoms with Crippen LogP contribution in [-0.2, 0) is 9.53 Å². The van der Waals surface area contributed by atoms with Crippen molar-refractivity contribution in [3.63, 3.8) is 0 Å². The Balaban J connectivity index is 2.61. The number of carbonyl (C=O) groups excluding carboxylic acids is 1. The minimum Gasteiger partial charge on any atom is -0.469 e. The Labute approximate surface area is 80.1 Å². The molecular weight excluding hydrogens is 166 g/mol. The molecule has 0 radical (unpaired) electrons. The second kappa shape index (κ2) is 3.66. The highest BCUT2D eigenvalue weighted by Gasteiger charge is 2.41. The molecule has 1 heterocycles. The molecule has 1 saturated heterocycles. The predicted molar refractivity (Wildman–Crippen MR) is 51.4 cm³/mol. The Hall–Kier alpha value is -0.570. The van der Waals surface area contributed by atoms with Gasteiger partial charge >= 0.3 is 5.97 Å². The van der Waals surface area contributed by atoms with Crippen LogP contribution in [0.2, 0.25) is 0 Å². The van der Waals surface area contributed by atoms with E-state index in [0.717, 1.165) is 19.5 Å². The average Bonchev–Trinajstić information content (AvgIpc) is 2.48. The maximum atomic E-state index is 11.5. The summed E-state index contributed by atoms with van der Waals surface area (Å²) in [6, 6.07) is 0.520. The molecule has 1 fully saturated rings. The van der Waals surface area contributed by atoms with Crippen molar-refractivity contribution >= 4 is 5.97 Å². The van der Waals surface area contributed by atoms with Crippen LogP contribution in [0.5, 0.6) is 0 Å². The van der Waals surface area contributed by atoms with E-state index in [-0.39, 0.29) is 11.4 Å². The van der Waals surface area contributed by atoms with Gasteiger partial charge in [0.1, 0.15) is 0 Å². The zero-order chi connectivity index (χ0) is 10.1. The quantitative estimate of drug-likeness (QED) is 0.607. The normalized spacial score (nSPS) is 29.6. The van der Waals surface area contributed by atoms with Crippen molar-refractivity contribution < 1.29 is 9.53 Å². The summed E-state index contributed by atoms with van der Waals surface area (Å²) >= 11 is 0. The lowest BCUT2D eigenvalue weighted by Crippen LogP contribution is -2.35. The van der Waals surface area contributed by atoms with Gasteiger partial charge in [0.2, 0.25) is 0 Å². The molecule has 13 heavy (non-hydrogen) atoms. The number of hydrogen-bond donors (Lipinski definition) is 0. The van der Waals surface area contributed by atoms with Gasteiger partial charge in [-0.05, 0) is 33.7 Å². The van der Waals surface area contributed by atoms with Crippen LogP contribution in [0.4, 0.5) is 0 Å². The zero-order valence-corrected chi connectivity index (χ0v) is 8.96. The van der Waals surface area contributed by atoms with Crippen LogP contribution >= 0.6 is 0 Å². The van der Waals surface area contributed by atoms with Gasteiger partial charge in [0.15, 0.2) is 0 Å². The SMILES string of the molecule is COC(=O)C1(C)CCN(C(C)C)C1. The summed E-state index contributed by atoms with van der Waals surface area (Å²) in [6.07, 6.45) is 0.915. The molecule has 0 N–H and O–H groups in total. The van der Waals surface area contributed by atoms with Crippen LogP contribution in [0.25, 0.3) is 0 Å². The monoisotopic (exact) mass is 185 g/mol. The summed E-state index contributed by atoms with van der Waals surface area (Å²) in [4.78, 5) is 13.8. The van der Waals surface area contributed by atoms with E-state index in [9.17, 15) is 4.79 Å². The van der Waals surface area contributed by atoms with Crippen molar-refractivity contribution in [3.8, 4) is 0 Å². The van der Waals surface area contributed by atoms with Gasteiger partial charge in [-0.15, -0.1) is 0 Å². The molecule has 0 aromatic rings. The minimum absolute atomic E-state index is 0.0735. The molecule has 76 valence electrons. The number of likely N-dealkylation sites (tertiary alicyclic amines) is 1. The topological polar surface area (TPSA) is 29.5 Å². The van der Waals surface area contributed by atoms with Crippen LogP contribution in [0.3, 0.4) is 0 Å². The summed E-state index contributed by atoms with van der Waals surface area (Å²) in [7, 11) is 1.46. The first-order valence-corrected chi connectivity index (χ1v) is 4.82. The fraction of sp³-hybridized carbons (Fsp3) is 0.900. The standard InChI is InChI=1S/C10H19NO2/c1-8(2)11-6-5-10(3,7-11)9(12)13-4/h8H,5-7H2,1-4H3. The molecule has 1 aliphatic rings. The number of methoxy groups -OCH3 is 1. The van der Waals surface area contributed by atoms with Gasteiger partial charge in [0.25, 0.3) is 0 Å². The highest BCUT2D eigenvalue weighted by atomic mass is 16.5. The van der Waals surface area contributed by atoms with Crippen molar-refractivity contribution in [2.45, 2.75) is 33.2 Å². The predicted octanol–water partition coefficient (Wildman–Crippen LogP) is 1.28. The molecule has 0 aromatic carbocycles. The Bertz CT molecular complexity index is 203. The van der Waals surface area contributed by atoms with E-state index in [1.807, 2.05) is 6.92 Å². The van der Waals surface area contributed by atoms with Crippen LogP contribution < -0.4 is 0 Å². The third kappa shape index (κ3) is 2.02. The van der Waals surface area contributed by atoms with E-state index < -0.39 is 0 Å². The van der Waals surface area contributed by atoms with Crippen LogP contribution in [0.1, 0.15) is 27.2 Å². The second-order valence-electron chi connectivity index (χ2n) is 4.37. The molecule has 0 spiro atoms. The van der Waals surface area contributed by atoms with Crippen molar-refractivity contribution in [1.29, 1.82) is 0 Å². The fourth-order valence-corrected chi connectivity index (χ4v) is 1.85. The van der Waals surface area contributed by atoms with Gasteiger partial charge in [-0.25, -0.2) is 0 Å². The summed E-state index contributed by atoms with van der Waals surface area (Å²) in [5, 5.41) is 0. The number of hydrogen-bond acceptors (Lipinski definition) is 3. The van der Waals surface area contributed by atoms with Gasteiger partial charge in [-0.3, -0.25) is 9.69 Å². The summed E-state index contributed by atoms with van der Waals surface area (Å²) in [5.74, 6) is -0.0735. The highest BCUT2D eigenvalue weighted by molar-refractivity contribution is 5.76. The first kappa shape index (κ1) is 10.5. The zero-order valence-electron chi connectivity index (χ0n) is 8.96. The maximum absolute atomic E-state index is 11.5. The maximum Gasteiger partial charge on any atom is 0.312 e. The van der Waals surface area contributed by atoms with Gasteiger partial charge < -0.3 is 4.74 Å². The van der Waals surface area contributed by atoms with Crippen LogP contribution in [0.15, 0.2) is 0 Å². The first-order chi connectivity index (χ1) is 5.99. The second-order valence-corrected chi connectivity index (χ2v) is 4.37. The molecule has 0 amide bonds. The van der Waals surface area contributed by atoms with E-state index in [0.29, 0.717) is 6.04 Å². The molecule has 1 aliphatic heterocycles.